The number of furan rings is 1. The Morgan fingerprint density at radius 2 is 0.903 bits per heavy atom. The fourth-order valence-electron chi connectivity index (χ4n) is 10.2. The van der Waals surface area contributed by atoms with E-state index >= 15 is 0 Å². The van der Waals surface area contributed by atoms with Gasteiger partial charge in [-0.3, -0.25) is 0 Å². The molecule has 0 atom stereocenters. The summed E-state index contributed by atoms with van der Waals surface area (Å²) in [6, 6.07) is 81.9. The van der Waals surface area contributed by atoms with Crippen molar-refractivity contribution in [3.05, 3.63) is 231 Å². The lowest BCUT2D eigenvalue weighted by molar-refractivity contribution is 0.669. The molecule has 0 saturated heterocycles. The SMILES string of the molecule is CCC.c1ccc(-c2ccc3c(c2)c2cccc(-c4cccc(-c5ccc6c(c5)sc5ccccc56)c4)c2n3-c2cccc(-c3nc(-c4ccccc4)nc(-c4ccc5c(c4)oc4ccccc45)n3)c2)cc1. The lowest BCUT2D eigenvalue weighted by atomic mass is 9.96. The Bertz CT molecular complexity index is 4340. The van der Waals surface area contributed by atoms with Crippen molar-refractivity contribution >= 4 is 75.3 Å². The van der Waals surface area contributed by atoms with Crippen LogP contribution in [0.5, 0.6) is 0 Å². The van der Waals surface area contributed by atoms with Crippen LogP contribution in [-0.4, -0.2) is 19.5 Å². The molecule has 0 N–H and O–H groups in total. The topological polar surface area (TPSA) is 56.7 Å². The highest BCUT2D eigenvalue weighted by molar-refractivity contribution is 7.25. The van der Waals surface area contributed by atoms with Crippen LogP contribution in [0.3, 0.4) is 0 Å². The summed E-state index contributed by atoms with van der Waals surface area (Å²) >= 11 is 1.85. The van der Waals surface area contributed by atoms with Crippen molar-refractivity contribution in [2.45, 2.75) is 20.3 Å². The van der Waals surface area contributed by atoms with Crippen LogP contribution >= 0.6 is 11.3 Å². The lowest BCUT2D eigenvalue weighted by Gasteiger charge is -2.14. The van der Waals surface area contributed by atoms with Gasteiger partial charge in [0.15, 0.2) is 17.5 Å². The molecule has 14 aromatic rings. The van der Waals surface area contributed by atoms with Crippen molar-refractivity contribution in [2.24, 2.45) is 0 Å². The molecule has 0 amide bonds. The molecule has 0 unspecified atom stereocenters. The Labute approximate surface area is 421 Å². The molecule has 342 valence electrons. The summed E-state index contributed by atoms with van der Waals surface area (Å²) < 4.78 is 11.4. The predicted molar refractivity (Wildman–Crippen MR) is 303 cm³/mol. The molecule has 0 radical (unpaired) electrons. The molecule has 0 bridgehead atoms. The van der Waals surface area contributed by atoms with E-state index in [0.29, 0.717) is 17.5 Å². The minimum Gasteiger partial charge on any atom is -0.456 e. The summed E-state index contributed by atoms with van der Waals surface area (Å²) in [4.78, 5) is 15.5. The molecule has 0 fully saturated rings. The normalized spacial score (nSPS) is 11.5. The zero-order valence-electron chi connectivity index (χ0n) is 39.8. The number of para-hydroxylation sites is 2. The largest absolute Gasteiger partial charge is 0.456 e. The van der Waals surface area contributed by atoms with Gasteiger partial charge in [0.2, 0.25) is 0 Å². The van der Waals surface area contributed by atoms with Crippen LogP contribution < -0.4 is 0 Å². The van der Waals surface area contributed by atoms with Crippen LogP contribution in [-0.2, 0) is 0 Å². The van der Waals surface area contributed by atoms with Gasteiger partial charge in [0.25, 0.3) is 0 Å². The van der Waals surface area contributed by atoms with Gasteiger partial charge in [-0.05, 0) is 88.5 Å². The Morgan fingerprint density at radius 3 is 1.72 bits per heavy atom. The van der Waals surface area contributed by atoms with Gasteiger partial charge in [0.05, 0.1) is 11.0 Å². The minimum absolute atomic E-state index is 0.575. The molecule has 0 aliphatic rings. The summed E-state index contributed by atoms with van der Waals surface area (Å²) in [5.74, 6) is 1.76. The standard InChI is InChI=1S/C63H38N4OS.C3H8/c1-3-14-39(15-4-1)42-30-33-55-54(36-42)53-25-13-24-48(44-19-11-18-41(34-44)43-28-32-52-51-23-8-10-27-58(51)69-59(52)38-43)60(53)67(55)47-21-12-20-45(35-47)62-64-61(40-16-5-2-6-17-40)65-63(66-62)46-29-31-50-49-22-7-9-26-56(49)68-57(50)37-46;1-3-2/h1-38H;3H2,1-2H3. The second-order valence-corrected chi connectivity index (χ2v) is 19.3. The molecule has 5 nitrogen and oxygen atoms in total. The molecule has 0 spiro atoms. The Balaban J connectivity index is 0.00000164. The maximum Gasteiger partial charge on any atom is 0.164 e. The van der Waals surface area contributed by atoms with E-state index in [0.717, 1.165) is 66.5 Å². The third kappa shape index (κ3) is 7.61. The highest BCUT2D eigenvalue weighted by Crippen LogP contribution is 2.42. The predicted octanol–water partition coefficient (Wildman–Crippen LogP) is 18.7. The van der Waals surface area contributed by atoms with Gasteiger partial charge in [0.1, 0.15) is 11.2 Å². The summed E-state index contributed by atoms with van der Waals surface area (Å²) in [5, 5.41) is 7.11. The Kier molecular flexibility index (Phi) is 10.8. The van der Waals surface area contributed by atoms with Crippen molar-refractivity contribution in [1.82, 2.24) is 19.5 Å². The summed E-state index contributed by atoms with van der Waals surface area (Å²) in [6.45, 7) is 4.25. The van der Waals surface area contributed by atoms with E-state index in [4.69, 9.17) is 19.4 Å². The van der Waals surface area contributed by atoms with Crippen molar-refractivity contribution in [2.75, 3.05) is 0 Å². The van der Waals surface area contributed by atoms with Crippen molar-refractivity contribution in [1.29, 1.82) is 0 Å². The van der Waals surface area contributed by atoms with Crippen LogP contribution in [0, 0.1) is 0 Å². The van der Waals surface area contributed by atoms with Gasteiger partial charge in [-0.2, -0.15) is 0 Å². The number of hydrogen-bond donors (Lipinski definition) is 0. The van der Waals surface area contributed by atoms with Gasteiger partial charge >= 0.3 is 0 Å². The third-order valence-corrected chi connectivity index (χ3v) is 14.6. The number of thiophene rings is 1. The van der Waals surface area contributed by atoms with Crippen LogP contribution in [0.25, 0.3) is 137 Å². The van der Waals surface area contributed by atoms with Crippen molar-refractivity contribution in [3.8, 4) is 73.2 Å². The number of nitrogens with zero attached hydrogens (tertiary/aromatic N) is 4. The maximum absolute atomic E-state index is 6.33. The molecular formula is C66H46N4OS. The molecule has 0 saturated carbocycles. The Morgan fingerprint density at radius 1 is 0.361 bits per heavy atom. The third-order valence-electron chi connectivity index (χ3n) is 13.4. The van der Waals surface area contributed by atoms with E-state index in [9.17, 15) is 0 Å². The highest BCUT2D eigenvalue weighted by atomic mass is 32.1. The zero-order valence-corrected chi connectivity index (χ0v) is 40.6. The van der Waals surface area contributed by atoms with Crippen LogP contribution in [0.4, 0.5) is 0 Å². The first-order valence-electron chi connectivity index (χ1n) is 24.6. The van der Waals surface area contributed by atoms with Crippen LogP contribution in [0.15, 0.2) is 235 Å². The lowest BCUT2D eigenvalue weighted by Crippen LogP contribution is -2.01. The van der Waals surface area contributed by atoms with Crippen molar-refractivity contribution in [3.63, 3.8) is 0 Å². The zero-order chi connectivity index (χ0) is 48.1. The first kappa shape index (κ1) is 43.1. The molecule has 4 heterocycles. The van der Waals surface area contributed by atoms with Gasteiger partial charge in [-0.25, -0.2) is 15.0 Å². The van der Waals surface area contributed by atoms with E-state index in [-0.39, 0.29) is 0 Å². The fourth-order valence-corrected chi connectivity index (χ4v) is 11.3. The van der Waals surface area contributed by atoms with Crippen LogP contribution in [0.1, 0.15) is 20.3 Å². The van der Waals surface area contributed by atoms with Gasteiger partial charge in [0, 0.05) is 69.7 Å². The van der Waals surface area contributed by atoms with E-state index in [1.165, 1.54) is 59.6 Å². The van der Waals surface area contributed by atoms with Crippen molar-refractivity contribution < 1.29 is 4.42 Å². The summed E-state index contributed by atoms with van der Waals surface area (Å²) in [5.41, 5.74) is 14.6. The summed E-state index contributed by atoms with van der Waals surface area (Å²) in [7, 11) is 0. The average molecular weight is 943 g/mol. The summed E-state index contributed by atoms with van der Waals surface area (Å²) in [6.07, 6.45) is 1.25. The number of benzene rings is 10. The number of fused-ring (bicyclic) bond motifs is 9. The Hall–Kier alpha value is -8.97. The van der Waals surface area contributed by atoms with E-state index in [2.05, 4.69) is 194 Å². The quantitative estimate of drug-likeness (QED) is 0.160. The second-order valence-electron chi connectivity index (χ2n) is 18.3. The monoisotopic (exact) mass is 942 g/mol. The number of rotatable bonds is 7. The first-order valence-corrected chi connectivity index (χ1v) is 25.4. The van der Waals surface area contributed by atoms with E-state index in [1.54, 1.807) is 0 Å². The van der Waals surface area contributed by atoms with E-state index < -0.39 is 0 Å². The molecule has 6 heteroatoms. The van der Waals surface area contributed by atoms with Crippen LogP contribution in [0.2, 0.25) is 0 Å². The van der Waals surface area contributed by atoms with Gasteiger partial charge < -0.3 is 8.98 Å². The molecule has 0 aliphatic carbocycles. The second kappa shape index (κ2) is 18.1. The molecule has 72 heavy (non-hydrogen) atoms. The smallest absolute Gasteiger partial charge is 0.164 e. The molecule has 4 aromatic heterocycles. The molecular weight excluding hydrogens is 897 g/mol. The molecule has 0 aliphatic heterocycles. The van der Waals surface area contributed by atoms with Gasteiger partial charge in [-0.15, -0.1) is 11.3 Å². The van der Waals surface area contributed by atoms with E-state index in [1.807, 2.05) is 65.9 Å². The highest BCUT2D eigenvalue weighted by Gasteiger charge is 2.20. The fraction of sp³-hybridized carbons (Fsp3) is 0.0455. The average Bonchev–Trinajstić information content (AvgIpc) is 4.12. The number of aromatic nitrogens is 4. The minimum atomic E-state index is 0.575. The molecule has 10 aromatic carbocycles. The number of hydrogen-bond acceptors (Lipinski definition) is 5. The van der Waals surface area contributed by atoms with Gasteiger partial charge in [-0.1, -0.05) is 190 Å². The first-order chi connectivity index (χ1) is 35.6. The molecule has 14 rings (SSSR count). The maximum atomic E-state index is 6.33.